The molecule has 0 N–H and O–H groups in total. The molecule has 4 nitrogen and oxygen atoms in total. The molecule has 1 heterocycles. The van der Waals surface area contributed by atoms with Gasteiger partial charge in [0.1, 0.15) is 0 Å². The summed E-state index contributed by atoms with van der Waals surface area (Å²) in [6, 6.07) is 129. The molecule has 546 valence electrons. The van der Waals surface area contributed by atoms with Gasteiger partial charge in [-0.1, -0.05) is 202 Å². The smallest absolute Gasteiger partial charge is 0.0475 e. The van der Waals surface area contributed by atoms with Gasteiger partial charge >= 0.3 is 0 Å². The first kappa shape index (κ1) is 67.4. The topological polar surface area (TPSA) is 13.0 Å². The summed E-state index contributed by atoms with van der Waals surface area (Å²) < 4.78 is 2.55. The van der Waals surface area contributed by atoms with Crippen molar-refractivity contribution in [1.29, 1.82) is 0 Å². The van der Waals surface area contributed by atoms with Crippen molar-refractivity contribution in [1.82, 2.24) is 0 Å². The Labute approximate surface area is 664 Å². The zero-order valence-corrected chi connectivity index (χ0v) is 64.8. The maximum atomic E-state index is 2.51. The second kappa shape index (κ2) is 26.9. The molecule has 0 aliphatic heterocycles. The summed E-state index contributed by atoms with van der Waals surface area (Å²) in [5, 5.41) is 2.51. The monoisotopic (exact) mass is 1460 g/mol. The van der Waals surface area contributed by atoms with Crippen molar-refractivity contribution in [2.75, 3.05) is 19.6 Å². The lowest BCUT2D eigenvalue weighted by Crippen LogP contribution is -2.48. The number of rotatable bonds is 17. The molecule has 8 saturated carbocycles. The molecule has 0 saturated heterocycles. The van der Waals surface area contributed by atoms with Crippen LogP contribution in [0, 0.1) is 35.5 Å². The predicted octanol–water partition coefficient (Wildman–Crippen LogP) is 30.2. The minimum atomic E-state index is -0.317. The molecule has 24 rings (SSSR count). The van der Waals surface area contributed by atoms with Crippen molar-refractivity contribution in [2.45, 2.75) is 107 Å². The zero-order valence-electron chi connectivity index (χ0n) is 64.0. The van der Waals surface area contributed by atoms with E-state index >= 15 is 0 Å². The molecule has 0 atom stereocenters. The Hall–Kier alpha value is -11.5. The molecule has 9 aliphatic rings. The third kappa shape index (κ3) is 11.7. The lowest BCUT2D eigenvalue weighted by atomic mass is 9.48. The molecular formula is C107H92N4S. The highest BCUT2D eigenvalue weighted by molar-refractivity contribution is 7.26. The van der Waals surface area contributed by atoms with Gasteiger partial charge in [0.2, 0.25) is 0 Å². The summed E-state index contributed by atoms with van der Waals surface area (Å²) in [5.74, 6) is 5.46. The first-order valence-electron chi connectivity index (χ1n) is 41.3. The molecule has 0 unspecified atom stereocenters. The molecular weight excluding hydrogens is 1370 g/mol. The number of benzene rings is 14. The number of hydrogen-bond donors (Lipinski definition) is 0. The average molecular weight is 1470 g/mol. The van der Waals surface area contributed by atoms with Crippen molar-refractivity contribution in [3.05, 3.63) is 362 Å². The van der Waals surface area contributed by atoms with Crippen molar-refractivity contribution in [3.63, 3.8) is 0 Å². The maximum absolute atomic E-state index is 2.51. The summed E-state index contributed by atoms with van der Waals surface area (Å²) in [7, 11) is 0. The summed E-state index contributed by atoms with van der Waals surface area (Å²) in [6.07, 6.45) is 17.0. The Morgan fingerprint density at radius 1 is 0.241 bits per heavy atom. The van der Waals surface area contributed by atoms with Crippen LogP contribution in [-0.2, 0) is 16.2 Å². The quantitative estimate of drug-likeness (QED) is 0.0901. The van der Waals surface area contributed by atoms with Gasteiger partial charge in [0, 0.05) is 99.4 Å². The van der Waals surface area contributed by atoms with Gasteiger partial charge < -0.3 is 19.6 Å². The van der Waals surface area contributed by atoms with E-state index in [0.29, 0.717) is 10.8 Å². The van der Waals surface area contributed by atoms with E-state index in [-0.39, 0.29) is 5.41 Å². The Balaban J connectivity index is 0.589. The maximum Gasteiger partial charge on any atom is 0.0475 e. The van der Waals surface area contributed by atoms with Crippen LogP contribution in [0.1, 0.15) is 113 Å². The van der Waals surface area contributed by atoms with Gasteiger partial charge in [-0.25, -0.2) is 0 Å². The van der Waals surface area contributed by atoms with Gasteiger partial charge in [-0.05, 0) is 336 Å². The van der Waals surface area contributed by atoms with Crippen LogP contribution in [0.4, 0.5) is 68.2 Å². The van der Waals surface area contributed by atoms with Crippen LogP contribution in [-0.4, -0.2) is 0 Å². The third-order valence-corrected chi connectivity index (χ3v) is 28.9. The molecule has 5 heteroatoms. The molecule has 0 spiro atoms. The fraction of sp³-hybridized carbons (Fsp3) is 0.215. The standard InChI is InChI=1S/C107H92N4S/c1-105(2)101-63-93(109(88-42-30-78(31-43-88)77-18-7-3-8-19-77)91-48-38-83(39-49-91)107-68-74-57-75(69-107)59-76(58-74)70-107)50-52-96(101)97-53-51-94(64-102(97)105)111(86-25-13-6-14-26-86)92-27-17-20-81(60-92)99-61-95(62-100-98-28-15-16-29-103(98)112-104(99)100)110(85-23-11-5-12-24-85)89-44-34-80(35-45-89)79-32-40-87(41-33-79)108(84-21-9-4-10-22-84)90-46-36-82(37-47-90)106-65-71-54-72(66-106)56-73(55-71)67-106/h3-53,60-64,71-76H,54-59,65-70H2,1-2H3. The van der Waals surface area contributed by atoms with E-state index in [2.05, 4.69) is 373 Å². The molecule has 9 aliphatic carbocycles. The van der Waals surface area contributed by atoms with Gasteiger partial charge in [-0.15, -0.1) is 11.3 Å². The van der Waals surface area contributed by atoms with Crippen molar-refractivity contribution >= 4 is 99.8 Å². The molecule has 0 radical (unpaired) electrons. The highest BCUT2D eigenvalue weighted by Gasteiger charge is 2.53. The lowest BCUT2D eigenvalue weighted by molar-refractivity contribution is -0.00530. The fourth-order valence-electron chi connectivity index (χ4n) is 23.4. The van der Waals surface area contributed by atoms with Crippen LogP contribution in [0.3, 0.4) is 0 Å². The minimum Gasteiger partial charge on any atom is -0.311 e. The number of para-hydroxylation sites is 3. The second-order valence-electron chi connectivity index (χ2n) is 34.9. The van der Waals surface area contributed by atoms with Gasteiger partial charge in [0.25, 0.3) is 0 Å². The van der Waals surface area contributed by atoms with Crippen LogP contribution in [0.5, 0.6) is 0 Å². The Bertz CT molecular complexity index is 5960. The first-order valence-corrected chi connectivity index (χ1v) is 42.2. The second-order valence-corrected chi connectivity index (χ2v) is 36.0. The van der Waals surface area contributed by atoms with Crippen molar-refractivity contribution < 1.29 is 0 Å². The van der Waals surface area contributed by atoms with Crippen LogP contribution in [0.25, 0.3) is 64.7 Å². The number of thiophene rings is 1. The molecule has 8 fully saturated rings. The largest absolute Gasteiger partial charge is 0.311 e. The van der Waals surface area contributed by atoms with Gasteiger partial charge in [-0.3, -0.25) is 0 Å². The van der Waals surface area contributed by atoms with Crippen LogP contribution in [0.15, 0.2) is 340 Å². The Morgan fingerprint density at radius 3 is 0.982 bits per heavy atom. The van der Waals surface area contributed by atoms with Crippen molar-refractivity contribution in [3.8, 4) is 44.5 Å². The van der Waals surface area contributed by atoms with Gasteiger partial charge in [0.05, 0.1) is 0 Å². The van der Waals surface area contributed by atoms with E-state index in [1.807, 2.05) is 11.3 Å². The zero-order chi connectivity index (χ0) is 74.2. The third-order valence-electron chi connectivity index (χ3n) is 27.7. The van der Waals surface area contributed by atoms with Gasteiger partial charge in [-0.2, -0.15) is 0 Å². The fourth-order valence-corrected chi connectivity index (χ4v) is 24.6. The van der Waals surface area contributed by atoms with Crippen LogP contribution >= 0.6 is 11.3 Å². The van der Waals surface area contributed by atoms with E-state index in [1.54, 1.807) is 11.1 Å². The van der Waals surface area contributed by atoms with Crippen LogP contribution in [0.2, 0.25) is 0 Å². The summed E-state index contributed by atoms with van der Waals surface area (Å²) in [6.45, 7) is 4.88. The van der Waals surface area contributed by atoms with E-state index in [1.165, 1.54) is 164 Å². The number of anilines is 12. The number of nitrogens with zero attached hydrogens (tertiary/aromatic N) is 4. The van der Waals surface area contributed by atoms with E-state index in [0.717, 1.165) is 92.3 Å². The summed E-state index contributed by atoms with van der Waals surface area (Å²) in [4.78, 5) is 9.85. The Kier molecular flexibility index (Phi) is 16.2. The highest BCUT2D eigenvalue weighted by atomic mass is 32.1. The first-order chi connectivity index (χ1) is 55.1. The normalized spacial score (nSPS) is 21.9. The molecule has 14 aromatic carbocycles. The van der Waals surface area contributed by atoms with E-state index in [9.17, 15) is 0 Å². The molecule has 1 aromatic heterocycles. The van der Waals surface area contributed by atoms with E-state index < -0.39 is 0 Å². The van der Waals surface area contributed by atoms with Crippen molar-refractivity contribution in [2.24, 2.45) is 35.5 Å². The molecule has 0 amide bonds. The average Bonchev–Trinajstić information content (AvgIpc) is 1.06. The van der Waals surface area contributed by atoms with Gasteiger partial charge in [0.15, 0.2) is 0 Å². The van der Waals surface area contributed by atoms with E-state index in [4.69, 9.17) is 0 Å². The number of fused-ring (bicyclic) bond motifs is 6. The highest BCUT2D eigenvalue weighted by Crippen LogP contribution is 2.63. The SMILES string of the molecule is CC1(C)c2cc(N(c3ccc(-c4ccccc4)cc3)c3ccc(C45CC6CC(CC(C6)C4)C5)cc3)ccc2-c2ccc(N(c3ccccc3)c3cccc(-c4cc(N(c5ccccc5)c5ccc(-c6ccc(N(c7ccccc7)c7ccc(C89CC%10CC(CC(C%10)C8)C9)cc7)cc6)cc5)cc5c4sc4ccccc45)c3)cc21. The molecule has 15 aromatic rings. The molecule has 8 bridgehead atoms. The predicted molar refractivity (Wildman–Crippen MR) is 472 cm³/mol. The molecule has 112 heavy (non-hydrogen) atoms. The Morgan fingerprint density at radius 2 is 0.554 bits per heavy atom. The minimum absolute atomic E-state index is 0.317. The summed E-state index contributed by atoms with van der Waals surface area (Å²) >= 11 is 1.89. The van der Waals surface area contributed by atoms with Crippen LogP contribution < -0.4 is 19.6 Å². The summed E-state index contributed by atoms with van der Waals surface area (Å²) in [5.41, 5.74) is 29.6. The number of hydrogen-bond acceptors (Lipinski definition) is 5. The lowest BCUT2D eigenvalue weighted by Gasteiger charge is -2.57.